The second-order valence-corrected chi connectivity index (χ2v) is 2.31. The second-order valence-electron chi connectivity index (χ2n) is 1.91. The molecule has 0 aliphatic carbocycles. The van der Waals surface area contributed by atoms with Gasteiger partial charge >= 0.3 is 5.56 Å². The Bertz CT molecular complexity index is 320. The van der Waals surface area contributed by atoms with Gasteiger partial charge in [-0.1, -0.05) is 12.8 Å². The Labute approximate surface area is 66.9 Å². The molecule has 1 heterocycles. The van der Waals surface area contributed by atoms with Gasteiger partial charge in [0.1, 0.15) is 5.82 Å². The lowest BCUT2D eigenvalue weighted by molar-refractivity contribution is 0.401. The van der Waals surface area contributed by atoms with Gasteiger partial charge in [0.2, 0.25) is 0 Å². The van der Waals surface area contributed by atoms with Gasteiger partial charge in [0.15, 0.2) is 0 Å². The molecule has 60 valence electrons. The standard InChI is InChI=1S/C5H5FN2O2S/c1-2-7-4(9)3(6)5(10)8(2)11/h9,11H,1H3. The maximum atomic E-state index is 12.5. The zero-order chi connectivity index (χ0) is 8.59. The van der Waals surface area contributed by atoms with Crippen LogP contribution < -0.4 is 5.56 Å². The lowest BCUT2D eigenvalue weighted by Gasteiger charge is -2.00. The van der Waals surface area contributed by atoms with Crippen LogP contribution in [-0.2, 0) is 0 Å². The highest BCUT2D eigenvalue weighted by molar-refractivity contribution is 7.78. The molecular weight excluding hydrogens is 171 g/mol. The van der Waals surface area contributed by atoms with Gasteiger partial charge in [0, 0.05) is 0 Å². The molecule has 0 saturated carbocycles. The topological polar surface area (TPSA) is 55.1 Å². The average Bonchev–Trinajstić information content (AvgIpc) is 1.97. The van der Waals surface area contributed by atoms with E-state index < -0.39 is 17.3 Å². The molecule has 0 aliphatic heterocycles. The van der Waals surface area contributed by atoms with Gasteiger partial charge in [-0.3, -0.25) is 4.79 Å². The first-order valence-electron chi connectivity index (χ1n) is 2.71. The summed E-state index contributed by atoms with van der Waals surface area (Å²) in [4.78, 5) is 14.0. The van der Waals surface area contributed by atoms with Crippen LogP contribution in [-0.4, -0.2) is 14.1 Å². The van der Waals surface area contributed by atoms with E-state index in [0.29, 0.717) is 0 Å². The number of aryl methyl sites for hydroxylation is 1. The second kappa shape index (κ2) is 2.54. The molecule has 0 amide bonds. The summed E-state index contributed by atoms with van der Waals surface area (Å²) in [5.41, 5.74) is -1.00. The van der Waals surface area contributed by atoms with Crippen LogP contribution in [0.15, 0.2) is 4.79 Å². The van der Waals surface area contributed by atoms with Gasteiger partial charge in [-0.15, -0.1) is 0 Å². The van der Waals surface area contributed by atoms with Crippen molar-refractivity contribution in [3.05, 3.63) is 22.0 Å². The third kappa shape index (κ3) is 1.21. The number of halogens is 1. The third-order valence-corrected chi connectivity index (χ3v) is 1.62. The minimum absolute atomic E-state index is 0.136. The van der Waals surface area contributed by atoms with Crippen LogP contribution in [0.5, 0.6) is 5.88 Å². The normalized spacial score (nSPS) is 10.1. The van der Waals surface area contributed by atoms with E-state index >= 15 is 0 Å². The van der Waals surface area contributed by atoms with Gasteiger partial charge < -0.3 is 5.11 Å². The Balaban J connectivity index is 3.59. The molecule has 1 rings (SSSR count). The van der Waals surface area contributed by atoms with Crippen LogP contribution in [0, 0.1) is 12.7 Å². The number of aromatic hydroxyl groups is 1. The molecular formula is C5H5FN2O2S. The molecule has 0 bridgehead atoms. The van der Waals surface area contributed by atoms with Crippen molar-refractivity contribution in [2.24, 2.45) is 0 Å². The summed E-state index contributed by atoms with van der Waals surface area (Å²) in [6.45, 7) is 1.42. The largest absolute Gasteiger partial charge is 0.491 e. The molecule has 0 aromatic carbocycles. The smallest absolute Gasteiger partial charge is 0.303 e. The van der Waals surface area contributed by atoms with Gasteiger partial charge in [-0.25, -0.2) is 3.97 Å². The molecule has 4 nitrogen and oxygen atoms in total. The van der Waals surface area contributed by atoms with Gasteiger partial charge in [0.05, 0.1) is 0 Å². The fourth-order valence-electron chi connectivity index (χ4n) is 0.585. The predicted octanol–water partition coefficient (Wildman–Crippen LogP) is 0.0893. The molecule has 0 aliphatic rings. The Hall–Kier alpha value is -1.04. The fourth-order valence-corrected chi connectivity index (χ4v) is 0.718. The number of aromatic nitrogens is 2. The van der Waals surface area contributed by atoms with Crippen molar-refractivity contribution in [2.75, 3.05) is 0 Å². The number of rotatable bonds is 0. The molecule has 0 radical (unpaired) electrons. The summed E-state index contributed by atoms with van der Waals surface area (Å²) >= 11 is 3.62. The minimum Gasteiger partial charge on any atom is -0.491 e. The summed E-state index contributed by atoms with van der Waals surface area (Å²) in [5, 5.41) is 8.67. The summed E-state index contributed by atoms with van der Waals surface area (Å²) in [6.07, 6.45) is 0. The Kier molecular flexibility index (Phi) is 1.86. The number of thiol groups is 1. The van der Waals surface area contributed by atoms with E-state index in [4.69, 9.17) is 5.11 Å². The predicted molar refractivity (Wildman–Crippen MR) is 39.2 cm³/mol. The summed E-state index contributed by atoms with van der Waals surface area (Å²) < 4.78 is 13.2. The third-order valence-electron chi connectivity index (χ3n) is 1.15. The SMILES string of the molecule is Cc1nc(O)c(F)c(=O)n1S. The molecule has 11 heavy (non-hydrogen) atoms. The van der Waals surface area contributed by atoms with E-state index in [-0.39, 0.29) is 5.82 Å². The maximum absolute atomic E-state index is 12.5. The summed E-state index contributed by atoms with van der Waals surface area (Å²) in [6, 6.07) is 0. The highest BCUT2D eigenvalue weighted by Gasteiger charge is 2.10. The molecule has 0 saturated heterocycles. The van der Waals surface area contributed by atoms with Gasteiger partial charge in [-0.2, -0.15) is 9.37 Å². The molecule has 0 atom stereocenters. The molecule has 0 spiro atoms. The van der Waals surface area contributed by atoms with E-state index in [9.17, 15) is 9.18 Å². The Morgan fingerprint density at radius 2 is 2.27 bits per heavy atom. The van der Waals surface area contributed by atoms with E-state index in [1.54, 1.807) is 0 Å². The van der Waals surface area contributed by atoms with Crippen molar-refractivity contribution in [3.8, 4) is 5.88 Å². The number of nitrogens with zero attached hydrogens (tertiary/aromatic N) is 2. The summed E-state index contributed by atoms with van der Waals surface area (Å²) in [5.74, 6) is -2.04. The Morgan fingerprint density at radius 3 is 2.82 bits per heavy atom. The highest BCUT2D eigenvalue weighted by Crippen LogP contribution is 2.06. The zero-order valence-corrected chi connectivity index (χ0v) is 6.47. The fraction of sp³-hybridized carbons (Fsp3) is 0.200. The number of hydrogen-bond acceptors (Lipinski definition) is 4. The summed E-state index contributed by atoms with van der Waals surface area (Å²) in [7, 11) is 0. The van der Waals surface area contributed by atoms with Gasteiger partial charge in [0.25, 0.3) is 11.7 Å². The molecule has 1 N–H and O–H groups in total. The van der Waals surface area contributed by atoms with Crippen molar-refractivity contribution < 1.29 is 9.50 Å². The average molecular weight is 176 g/mol. The van der Waals surface area contributed by atoms with E-state index in [2.05, 4.69) is 17.8 Å². The van der Waals surface area contributed by atoms with Crippen LogP contribution in [0.2, 0.25) is 0 Å². The van der Waals surface area contributed by atoms with Crippen molar-refractivity contribution in [1.29, 1.82) is 0 Å². The first-order valence-corrected chi connectivity index (χ1v) is 3.11. The number of hydrogen-bond donors (Lipinski definition) is 2. The monoisotopic (exact) mass is 176 g/mol. The minimum atomic E-state index is -1.29. The highest BCUT2D eigenvalue weighted by atomic mass is 32.1. The van der Waals surface area contributed by atoms with Crippen molar-refractivity contribution in [3.63, 3.8) is 0 Å². The van der Waals surface area contributed by atoms with Crippen LogP contribution in [0.4, 0.5) is 4.39 Å². The quantitative estimate of drug-likeness (QED) is 0.551. The van der Waals surface area contributed by atoms with Crippen LogP contribution in [0.25, 0.3) is 0 Å². The molecule has 1 aromatic rings. The molecule has 0 unspecified atom stereocenters. The van der Waals surface area contributed by atoms with Crippen LogP contribution in [0.3, 0.4) is 0 Å². The van der Waals surface area contributed by atoms with Crippen molar-refractivity contribution in [2.45, 2.75) is 6.92 Å². The van der Waals surface area contributed by atoms with Gasteiger partial charge in [-0.05, 0) is 6.92 Å². The first kappa shape index (κ1) is 8.06. The van der Waals surface area contributed by atoms with Crippen molar-refractivity contribution in [1.82, 2.24) is 8.96 Å². The van der Waals surface area contributed by atoms with Crippen LogP contribution >= 0.6 is 12.8 Å². The lowest BCUT2D eigenvalue weighted by Crippen LogP contribution is -2.20. The zero-order valence-electron chi connectivity index (χ0n) is 5.58. The molecule has 6 heteroatoms. The molecule has 1 aromatic heterocycles. The van der Waals surface area contributed by atoms with Crippen LogP contribution in [0.1, 0.15) is 5.82 Å². The Morgan fingerprint density at radius 1 is 1.73 bits per heavy atom. The first-order chi connectivity index (χ1) is 5.04. The van der Waals surface area contributed by atoms with E-state index in [0.717, 1.165) is 3.97 Å². The lowest BCUT2D eigenvalue weighted by atomic mass is 10.5. The maximum Gasteiger partial charge on any atom is 0.303 e. The van der Waals surface area contributed by atoms with E-state index in [1.165, 1.54) is 6.92 Å². The van der Waals surface area contributed by atoms with E-state index in [1.807, 2.05) is 0 Å². The van der Waals surface area contributed by atoms with Crippen molar-refractivity contribution >= 4 is 12.8 Å². The molecule has 0 fully saturated rings.